The Morgan fingerprint density at radius 3 is 2.39 bits per heavy atom. The topological polar surface area (TPSA) is 50.8 Å². The second-order valence-electron chi connectivity index (χ2n) is 4.36. The molecule has 1 aromatic carbocycles. The first kappa shape index (κ1) is 15.3. The van der Waals surface area contributed by atoms with E-state index in [-0.39, 0.29) is 11.4 Å². The smallest absolute Gasteiger partial charge is 0.348 e. The number of benzene rings is 1. The van der Waals surface area contributed by atoms with Gasteiger partial charge in [-0.2, -0.15) is 18.3 Å². The van der Waals surface area contributed by atoms with Crippen LogP contribution in [0.4, 0.5) is 28.9 Å². The first-order valence-electron chi connectivity index (χ1n) is 6.23. The summed E-state index contributed by atoms with van der Waals surface area (Å²) in [5.41, 5.74) is -0.347. The molecule has 0 unspecified atom stereocenters. The minimum absolute atomic E-state index is 0.0433. The maximum atomic E-state index is 13.0. The summed E-state index contributed by atoms with van der Waals surface area (Å²) in [6.45, 7) is 0. The minimum Gasteiger partial charge on any atom is -0.348 e. The van der Waals surface area contributed by atoms with Crippen LogP contribution in [0.3, 0.4) is 0 Å². The predicted octanol–water partition coefficient (Wildman–Crippen LogP) is 5.98. The Bertz CT molecular complexity index is 823. The molecule has 3 aromatic rings. The van der Waals surface area contributed by atoms with E-state index in [1.54, 1.807) is 17.5 Å². The van der Waals surface area contributed by atoms with Crippen LogP contribution in [-0.4, -0.2) is 5.16 Å². The molecule has 0 fully saturated rings. The first-order valence-corrected chi connectivity index (χ1v) is 7.11. The highest BCUT2D eigenvalue weighted by molar-refractivity contribution is 7.13. The summed E-state index contributed by atoms with van der Waals surface area (Å²) in [5.74, 6) is -1.81. The molecule has 0 saturated carbocycles. The molecule has 0 amide bonds. The van der Waals surface area contributed by atoms with E-state index in [9.17, 15) is 17.6 Å². The van der Waals surface area contributed by atoms with Gasteiger partial charge in [-0.05, 0) is 35.7 Å². The van der Waals surface area contributed by atoms with E-state index < -0.39 is 23.4 Å². The average molecular weight is 341 g/mol. The van der Waals surface area contributed by atoms with Gasteiger partial charge in [0.2, 0.25) is 0 Å². The molecule has 0 aliphatic heterocycles. The zero-order valence-corrected chi connectivity index (χ0v) is 12.0. The van der Waals surface area contributed by atoms with Gasteiger partial charge < -0.3 is 4.52 Å². The maximum absolute atomic E-state index is 13.0. The molecule has 0 bridgehead atoms. The third-order valence-electron chi connectivity index (χ3n) is 2.77. The lowest BCUT2D eigenvalue weighted by atomic mass is 10.2. The van der Waals surface area contributed by atoms with Crippen LogP contribution in [0.1, 0.15) is 5.76 Å². The summed E-state index contributed by atoms with van der Waals surface area (Å²) in [7, 11) is 0. The Kier molecular flexibility index (Phi) is 3.95. The summed E-state index contributed by atoms with van der Waals surface area (Å²) in [4.78, 5) is 0.470. The minimum atomic E-state index is -4.75. The van der Waals surface area contributed by atoms with Crippen molar-refractivity contribution in [2.45, 2.75) is 6.18 Å². The van der Waals surface area contributed by atoms with Gasteiger partial charge in [0.25, 0.3) is 5.76 Å². The predicted molar refractivity (Wildman–Crippen MR) is 75.4 cm³/mol. The van der Waals surface area contributed by atoms with Gasteiger partial charge in [0.15, 0.2) is 11.4 Å². The van der Waals surface area contributed by atoms with Gasteiger partial charge in [-0.15, -0.1) is 16.5 Å². The lowest BCUT2D eigenvalue weighted by Crippen LogP contribution is -2.03. The van der Waals surface area contributed by atoms with E-state index in [1.807, 2.05) is 0 Å². The normalized spacial score (nSPS) is 12.2. The Morgan fingerprint density at radius 2 is 1.78 bits per heavy atom. The number of alkyl halides is 3. The molecule has 0 N–H and O–H groups in total. The van der Waals surface area contributed by atoms with Crippen molar-refractivity contribution in [1.29, 1.82) is 0 Å². The molecule has 118 valence electrons. The van der Waals surface area contributed by atoms with Crippen molar-refractivity contribution in [3.63, 3.8) is 0 Å². The molecular weight excluding hydrogens is 334 g/mol. The Labute approximate surface area is 131 Å². The molecule has 9 heteroatoms. The van der Waals surface area contributed by atoms with Crippen LogP contribution < -0.4 is 0 Å². The summed E-state index contributed by atoms with van der Waals surface area (Å²) >= 11 is 1.20. The second kappa shape index (κ2) is 5.92. The lowest BCUT2D eigenvalue weighted by Gasteiger charge is -2.01. The molecule has 4 nitrogen and oxygen atoms in total. The zero-order valence-electron chi connectivity index (χ0n) is 11.2. The van der Waals surface area contributed by atoms with E-state index >= 15 is 0 Å². The highest BCUT2D eigenvalue weighted by Gasteiger charge is 2.41. The number of thiophene rings is 1. The largest absolute Gasteiger partial charge is 0.454 e. The van der Waals surface area contributed by atoms with Crippen LogP contribution >= 0.6 is 11.3 Å². The highest BCUT2D eigenvalue weighted by Crippen LogP contribution is 2.43. The third kappa shape index (κ3) is 3.29. The monoisotopic (exact) mass is 341 g/mol. The standard InChI is InChI=1S/C14H7F4N3OS/c15-8-3-5-9(6-4-8)19-20-12-11(10-2-1-7-23-10)21-22-13(12)14(16,17)18/h1-7H. The maximum Gasteiger partial charge on any atom is 0.454 e. The van der Waals surface area contributed by atoms with Gasteiger partial charge in [0.05, 0.1) is 10.6 Å². The van der Waals surface area contributed by atoms with E-state index in [1.165, 1.54) is 23.5 Å². The van der Waals surface area contributed by atoms with Gasteiger partial charge in [-0.1, -0.05) is 11.2 Å². The summed E-state index contributed by atoms with van der Waals surface area (Å²) in [6.07, 6.45) is -4.75. The van der Waals surface area contributed by atoms with Gasteiger partial charge >= 0.3 is 6.18 Å². The third-order valence-corrected chi connectivity index (χ3v) is 3.65. The highest BCUT2D eigenvalue weighted by atomic mass is 32.1. The molecule has 2 aromatic heterocycles. The number of azo groups is 1. The van der Waals surface area contributed by atoms with Gasteiger partial charge in [-0.25, -0.2) is 4.39 Å². The molecule has 0 aliphatic carbocycles. The van der Waals surface area contributed by atoms with E-state index in [4.69, 9.17) is 0 Å². The van der Waals surface area contributed by atoms with Crippen molar-refractivity contribution < 1.29 is 22.1 Å². The van der Waals surface area contributed by atoms with Crippen LogP contribution in [0.5, 0.6) is 0 Å². The van der Waals surface area contributed by atoms with Crippen molar-refractivity contribution in [3.8, 4) is 10.6 Å². The fraction of sp³-hybridized carbons (Fsp3) is 0.0714. The van der Waals surface area contributed by atoms with Crippen molar-refractivity contribution in [2.75, 3.05) is 0 Å². The van der Waals surface area contributed by atoms with Crippen molar-refractivity contribution in [1.82, 2.24) is 5.16 Å². The van der Waals surface area contributed by atoms with Gasteiger partial charge in [0, 0.05) is 0 Å². The van der Waals surface area contributed by atoms with E-state index in [0.717, 1.165) is 12.1 Å². The number of halogens is 4. The molecule has 3 rings (SSSR count). The lowest BCUT2D eigenvalue weighted by molar-refractivity contribution is -0.154. The van der Waals surface area contributed by atoms with Crippen LogP contribution in [-0.2, 0) is 6.18 Å². The number of hydrogen-bond acceptors (Lipinski definition) is 5. The number of aromatic nitrogens is 1. The van der Waals surface area contributed by atoms with Crippen LogP contribution in [0, 0.1) is 5.82 Å². The van der Waals surface area contributed by atoms with Crippen molar-refractivity contribution in [2.24, 2.45) is 10.2 Å². The molecular formula is C14H7F4N3OS. The zero-order chi connectivity index (χ0) is 16.4. The molecule has 0 radical (unpaired) electrons. The van der Waals surface area contributed by atoms with E-state index in [2.05, 4.69) is 19.9 Å². The summed E-state index contributed by atoms with van der Waals surface area (Å²) < 4.78 is 56.2. The van der Waals surface area contributed by atoms with Crippen molar-refractivity contribution in [3.05, 3.63) is 53.4 Å². The molecule has 0 aliphatic rings. The molecule has 0 spiro atoms. The average Bonchev–Trinajstić information content (AvgIpc) is 3.15. The van der Waals surface area contributed by atoms with Gasteiger partial charge in [0.1, 0.15) is 5.82 Å². The molecule has 2 heterocycles. The fourth-order valence-corrected chi connectivity index (χ4v) is 2.46. The van der Waals surface area contributed by atoms with Gasteiger partial charge in [-0.3, -0.25) is 0 Å². The molecule has 0 atom stereocenters. The quantitative estimate of drug-likeness (QED) is 0.435. The number of rotatable bonds is 3. The van der Waals surface area contributed by atoms with E-state index in [0.29, 0.717) is 4.88 Å². The Morgan fingerprint density at radius 1 is 1.04 bits per heavy atom. The summed E-state index contributed by atoms with van der Waals surface area (Å²) in [6, 6.07) is 8.12. The van der Waals surface area contributed by atoms with Crippen molar-refractivity contribution >= 4 is 22.7 Å². The number of hydrogen-bond donors (Lipinski definition) is 0. The Balaban J connectivity index is 2.05. The fourth-order valence-electron chi connectivity index (χ4n) is 1.75. The molecule has 0 saturated heterocycles. The summed E-state index contributed by atoms with van der Waals surface area (Å²) in [5, 5.41) is 12.5. The van der Waals surface area contributed by atoms with Crippen LogP contribution in [0.25, 0.3) is 10.6 Å². The van der Waals surface area contributed by atoms with Crippen LogP contribution in [0.15, 0.2) is 56.5 Å². The number of nitrogens with zero attached hydrogens (tertiary/aromatic N) is 3. The SMILES string of the molecule is Fc1ccc(N=Nc2c(-c3cccs3)noc2C(F)(F)F)cc1. The van der Waals surface area contributed by atoms with Crippen LogP contribution in [0.2, 0.25) is 0 Å². The molecule has 23 heavy (non-hydrogen) atoms. The first-order chi connectivity index (χ1) is 10.9. The Hall–Kier alpha value is -2.55. The second-order valence-corrected chi connectivity index (χ2v) is 5.31.